The van der Waals surface area contributed by atoms with Crippen molar-refractivity contribution in [3.05, 3.63) is 34.9 Å². The zero-order chi connectivity index (χ0) is 29.2. The Morgan fingerprint density at radius 2 is 1.43 bits per heavy atom. The Morgan fingerprint density at radius 3 is 1.93 bits per heavy atom. The number of nitrogens with zero attached hydrogens (tertiary/aromatic N) is 4. The van der Waals surface area contributed by atoms with Crippen molar-refractivity contribution in [2.75, 3.05) is 6.54 Å². The number of carbonyl (C=O) groups is 1. The SMILES string of the molecule is O=C(c1cc(C2CC2)c(OC(C23CC4CC(CC(C4)C2)C3)C23CC4CC(CC(C4)C2)C3)cc1F)N1CCC[C@H]1c1nn[nH]n1. The molecule has 8 heteroatoms. The summed E-state index contributed by atoms with van der Waals surface area (Å²) in [5.41, 5.74) is 1.72. The summed E-state index contributed by atoms with van der Waals surface area (Å²) in [4.78, 5) is 15.7. The van der Waals surface area contributed by atoms with Crippen molar-refractivity contribution in [3.8, 4) is 5.75 Å². The molecule has 12 rings (SSSR count). The van der Waals surface area contributed by atoms with E-state index in [4.69, 9.17) is 4.74 Å². The Kier molecular flexibility index (Phi) is 5.77. The number of H-pyrrole nitrogens is 1. The van der Waals surface area contributed by atoms with E-state index >= 15 is 4.39 Å². The minimum atomic E-state index is -0.442. The smallest absolute Gasteiger partial charge is 0.257 e. The van der Waals surface area contributed by atoms with E-state index in [1.54, 1.807) is 11.0 Å². The standard InChI is InChI=1S/C36H46FN5O2/c37-29-13-31(27(26-3-4-26)12-28(29)33(43)42-5-1-2-30(42)32-38-40-41-39-32)44-34(35-14-20-6-21(15-35)8-22(7-20)16-35)36-17-23-9-24(18-36)11-25(10-23)19-36/h12-13,20-26,30,34H,1-11,14-19H2,(H,38,39,40,41)/t20?,21?,22?,23?,24?,25?,30-,34?,35?,36?/m0/s1. The van der Waals surface area contributed by atoms with Crippen LogP contribution in [0.2, 0.25) is 0 Å². The van der Waals surface area contributed by atoms with Crippen LogP contribution in [0.4, 0.5) is 4.39 Å². The number of hydrogen-bond donors (Lipinski definition) is 1. The minimum absolute atomic E-state index is 0.177. The molecule has 10 aliphatic rings. The molecule has 9 aliphatic carbocycles. The van der Waals surface area contributed by atoms with Gasteiger partial charge in [0.2, 0.25) is 0 Å². The predicted molar refractivity (Wildman–Crippen MR) is 161 cm³/mol. The molecule has 10 fully saturated rings. The highest BCUT2D eigenvalue weighted by molar-refractivity contribution is 5.95. The van der Waals surface area contributed by atoms with Gasteiger partial charge in [0, 0.05) is 23.4 Å². The van der Waals surface area contributed by atoms with Gasteiger partial charge in [0.25, 0.3) is 5.91 Å². The summed E-state index contributed by atoms with van der Waals surface area (Å²) in [6.45, 7) is 0.578. The molecule has 0 radical (unpaired) electrons. The lowest BCUT2D eigenvalue weighted by Crippen LogP contribution is -2.63. The molecule has 1 saturated heterocycles. The number of amides is 1. The first kappa shape index (κ1) is 26.7. The molecule has 9 saturated carbocycles. The Morgan fingerprint density at radius 1 is 0.864 bits per heavy atom. The third-order valence-corrected chi connectivity index (χ3v) is 14.0. The lowest BCUT2D eigenvalue weighted by Gasteiger charge is -2.66. The monoisotopic (exact) mass is 599 g/mol. The maximum absolute atomic E-state index is 16.3. The van der Waals surface area contributed by atoms with Gasteiger partial charge in [-0.25, -0.2) is 4.39 Å². The molecule has 0 spiro atoms. The van der Waals surface area contributed by atoms with Crippen LogP contribution in [0.1, 0.15) is 136 Å². The summed E-state index contributed by atoms with van der Waals surface area (Å²) < 4.78 is 23.8. The van der Waals surface area contributed by atoms with E-state index in [1.165, 1.54) is 77.0 Å². The summed E-state index contributed by atoms with van der Waals surface area (Å²) in [6, 6.07) is 3.25. The molecule has 1 amide bonds. The van der Waals surface area contributed by atoms with Crippen molar-refractivity contribution in [2.45, 2.75) is 121 Å². The molecular formula is C36H46FN5O2. The van der Waals surface area contributed by atoms with Gasteiger partial charge in [-0.2, -0.15) is 5.21 Å². The van der Waals surface area contributed by atoms with Gasteiger partial charge in [-0.15, -0.1) is 10.2 Å². The van der Waals surface area contributed by atoms with E-state index in [9.17, 15) is 4.79 Å². The molecule has 1 aromatic heterocycles. The number of aromatic amines is 1. The van der Waals surface area contributed by atoms with Crippen molar-refractivity contribution in [1.82, 2.24) is 25.5 Å². The quantitative estimate of drug-likeness (QED) is 0.359. The summed E-state index contributed by atoms with van der Waals surface area (Å²) in [6.07, 6.45) is 20.4. The fraction of sp³-hybridized carbons (Fsp3) is 0.778. The number of nitrogens with one attached hydrogen (secondary N) is 1. The average molecular weight is 600 g/mol. The van der Waals surface area contributed by atoms with Gasteiger partial charge in [-0.05, 0) is 156 Å². The number of carbonyl (C=O) groups excluding carboxylic acids is 1. The van der Waals surface area contributed by atoms with E-state index in [2.05, 4.69) is 20.6 Å². The topological polar surface area (TPSA) is 84.0 Å². The number of tetrazole rings is 1. The van der Waals surface area contributed by atoms with Crippen LogP contribution in [-0.2, 0) is 0 Å². The second-order valence-electron chi connectivity index (χ2n) is 17.1. The number of benzene rings is 1. The van der Waals surface area contributed by atoms with Crippen LogP contribution < -0.4 is 4.74 Å². The van der Waals surface area contributed by atoms with Crippen molar-refractivity contribution < 1.29 is 13.9 Å². The van der Waals surface area contributed by atoms with Crippen LogP contribution in [0.3, 0.4) is 0 Å². The first-order valence-electron chi connectivity index (χ1n) is 18.0. The highest BCUT2D eigenvalue weighted by atomic mass is 19.1. The molecule has 234 valence electrons. The van der Waals surface area contributed by atoms with Crippen LogP contribution in [0.25, 0.3) is 0 Å². The van der Waals surface area contributed by atoms with Crippen molar-refractivity contribution in [2.24, 2.45) is 46.3 Å². The largest absolute Gasteiger partial charge is 0.489 e. The molecule has 0 unspecified atom stereocenters. The molecule has 1 aromatic carbocycles. The van der Waals surface area contributed by atoms with E-state index < -0.39 is 5.82 Å². The van der Waals surface area contributed by atoms with E-state index in [1.807, 2.05) is 6.07 Å². The van der Waals surface area contributed by atoms with Gasteiger partial charge in [0.15, 0.2) is 5.82 Å². The van der Waals surface area contributed by atoms with Gasteiger partial charge in [0.1, 0.15) is 17.7 Å². The average Bonchev–Trinajstić information content (AvgIpc) is 3.45. The molecular weight excluding hydrogens is 553 g/mol. The summed E-state index contributed by atoms with van der Waals surface area (Å²) >= 11 is 0. The highest BCUT2D eigenvalue weighted by Crippen LogP contribution is 2.69. The van der Waals surface area contributed by atoms with Crippen LogP contribution in [0, 0.1) is 52.2 Å². The van der Waals surface area contributed by atoms with Crippen LogP contribution in [0.5, 0.6) is 5.75 Å². The molecule has 2 heterocycles. The van der Waals surface area contributed by atoms with Gasteiger partial charge in [-0.3, -0.25) is 4.79 Å². The Hall–Kier alpha value is -2.51. The van der Waals surface area contributed by atoms with Gasteiger partial charge in [0.05, 0.1) is 11.6 Å². The Bertz CT molecular complexity index is 1350. The van der Waals surface area contributed by atoms with Gasteiger partial charge >= 0.3 is 0 Å². The summed E-state index contributed by atoms with van der Waals surface area (Å²) in [5, 5.41) is 14.5. The molecule has 1 aliphatic heterocycles. The molecule has 2 aromatic rings. The van der Waals surface area contributed by atoms with Crippen LogP contribution in [0.15, 0.2) is 12.1 Å². The Labute approximate surface area is 259 Å². The minimum Gasteiger partial charge on any atom is -0.489 e. The van der Waals surface area contributed by atoms with Crippen LogP contribution in [-0.4, -0.2) is 44.1 Å². The fourth-order valence-corrected chi connectivity index (χ4v) is 13.3. The van der Waals surface area contributed by atoms with E-state index in [0.29, 0.717) is 18.3 Å². The number of halogens is 1. The molecule has 1 atom stereocenters. The lowest BCUT2D eigenvalue weighted by molar-refractivity contribution is -0.195. The summed E-state index contributed by atoms with van der Waals surface area (Å²) in [7, 11) is 0. The number of ether oxygens (including phenoxy) is 1. The fourth-order valence-electron chi connectivity index (χ4n) is 13.3. The third kappa shape index (κ3) is 4.10. The number of aromatic nitrogens is 4. The zero-order valence-corrected chi connectivity index (χ0v) is 25.9. The Balaban J connectivity index is 1.03. The molecule has 1 N–H and O–H groups in total. The lowest BCUT2D eigenvalue weighted by atomic mass is 9.41. The predicted octanol–water partition coefficient (Wildman–Crippen LogP) is 7.37. The normalized spacial score (nSPS) is 42.3. The van der Waals surface area contributed by atoms with Crippen LogP contribution >= 0.6 is 0 Å². The second-order valence-corrected chi connectivity index (χ2v) is 17.1. The maximum Gasteiger partial charge on any atom is 0.257 e. The molecule has 8 bridgehead atoms. The van der Waals surface area contributed by atoms with E-state index in [0.717, 1.165) is 72.5 Å². The van der Waals surface area contributed by atoms with E-state index in [-0.39, 0.29) is 34.4 Å². The number of rotatable bonds is 7. The maximum atomic E-state index is 16.3. The van der Waals surface area contributed by atoms with Gasteiger partial charge in [-0.1, -0.05) is 5.21 Å². The first-order chi connectivity index (χ1) is 21.4. The number of hydrogen-bond acceptors (Lipinski definition) is 5. The van der Waals surface area contributed by atoms with Crippen molar-refractivity contribution in [3.63, 3.8) is 0 Å². The highest BCUT2D eigenvalue weighted by Gasteiger charge is 2.64. The van der Waals surface area contributed by atoms with Crippen molar-refractivity contribution >= 4 is 5.91 Å². The first-order valence-corrected chi connectivity index (χ1v) is 18.0. The van der Waals surface area contributed by atoms with Crippen molar-refractivity contribution in [1.29, 1.82) is 0 Å². The summed E-state index contributed by atoms with van der Waals surface area (Å²) in [5.74, 6) is 6.05. The molecule has 7 nitrogen and oxygen atoms in total. The number of likely N-dealkylation sites (tertiary alicyclic amines) is 1. The molecule has 44 heavy (non-hydrogen) atoms. The second kappa shape index (κ2) is 9.51. The zero-order valence-electron chi connectivity index (χ0n) is 25.9. The van der Waals surface area contributed by atoms with Gasteiger partial charge < -0.3 is 9.64 Å². The third-order valence-electron chi connectivity index (χ3n) is 14.0.